The van der Waals surface area contributed by atoms with Gasteiger partial charge in [0.25, 0.3) is 0 Å². The third-order valence-corrected chi connectivity index (χ3v) is 2.70. The number of carboxylic acid groups (broad SMARTS) is 1. The molecule has 0 aliphatic carbocycles. The molecule has 0 saturated heterocycles. The summed E-state index contributed by atoms with van der Waals surface area (Å²) in [6.07, 6.45) is 4.00. The molecule has 0 atom stereocenters. The summed E-state index contributed by atoms with van der Waals surface area (Å²) in [6.45, 7) is -0.216. The van der Waals surface area contributed by atoms with Crippen molar-refractivity contribution >= 4 is 17.7 Å². The Balaban J connectivity index is 2.87. The second kappa shape index (κ2) is 9.84. The van der Waals surface area contributed by atoms with Gasteiger partial charge in [-0.25, -0.2) is 0 Å². The van der Waals surface area contributed by atoms with Gasteiger partial charge in [0, 0.05) is 5.75 Å². The average Bonchev–Trinajstić information content (AvgIpc) is 2.09. The largest absolute Gasteiger partial charge is 0.481 e. The number of unbranched alkanes of at least 4 members (excludes halogenated alkanes) is 3. The lowest BCUT2D eigenvalue weighted by atomic mass is 10.2. The van der Waals surface area contributed by atoms with Crippen LogP contribution < -0.4 is 0 Å². The number of alkyl halides is 1. The fourth-order valence-electron chi connectivity index (χ4n) is 0.914. The molecule has 0 aromatic rings. The van der Waals surface area contributed by atoms with E-state index < -0.39 is 5.97 Å². The van der Waals surface area contributed by atoms with Gasteiger partial charge in [-0.2, -0.15) is 11.8 Å². The Hall–Kier alpha value is -0.250. The molecule has 0 amide bonds. The van der Waals surface area contributed by atoms with E-state index >= 15 is 0 Å². The van der Waals surface area contributed by atoms with Gasteiger partial charge in [0.05, 0.1) is 13.1 Å². The summed E-state index contributed by atoms with van der Waals surface area (Å²) in [5, 5.41) is 8.33. The number of rotatable bonds is 9. The van der Waals surface area contributed by atoms with Crippen LogP contribution in [0.2, 0.25) is 0 Å². The maximum Gasteiger partial charge on any atom is 0.304 e. The molecule has 0 bridgehead atoms. The fraction of sp³-hybridized carbons (Fsp3) is 0.889. The second-order valence-corrected chi connectivity index (χ2v) is 4.08. The summed E-state index contributed by atoms with van der Waals surface area (Å²) >= 11 is 1.67. The molecule has 0 saturated carbocycles. The molecule has 0 unspecified atom stereocenters. The molecular weight excluding hydrogens is 190 g/mol. The summed E-state index contributed by atoms with van der Waals surface area (Å²) in [7, 11) is 0. The fourth-order valence-corrected chi connectivity index (χ4v) is 1.85. The Morgan fingerprint density at radius 2 is 1.85 bits per heavy atom. The van der Waals surface area contributed by atoms with Crippen molar-refractivity contribution in [1.29, 1.82) is 0 Å². The van der Waals surface area contributed by atoms with Gasteiger partial charge in [0.15, 0.2) is 0 Å². The number of carboxylic acids is 1. The van der Waals surface area contributed by atoms with Gasteiger partial charge in [-0.05, 0) is 18.6 Å². The number of carbonyl (C=O) groups is 1. The van der Waals surface area contributed by atoms with E-state index in [2.05, 4.69) is 0 Å². The zero-order chi connectivity index (χ0) is 9.94. The molecule has 0 rings (SSSR count). The quantitative estimate of drug-likeness (QED) is 0.591. The Labute approximate surface area is 82.9 Å². The van der Waals surface area contributed by atoms with E-state index in [1.54, 1.807) is 11.8 Å². The summed E-state index contributed by atoms with van der Waals surface area (Å²) in [5.41, 5.74) is 0. The van der Waals surface area contributed by atoms with Crippen molar-refractivity contribution in [2.75, 3.05) is 18.2 Å². The van der Waals surface area contributed by atoms with Crippen LogP contribution in [-0.4, -0.2) is 29.3 Å². The first-order valence-electron chi connectivity index (χ1n) is 4.63. The van der Waals surface area contributed by atoms with Crippen molar-refractivity contribution < 1.29 is 14.3 Å². The zero-order valence-electron chi connectivity index (χ0n) is 7.80. The van der Waals surface area contributed by atoms with E-state index in [-0.39, 0.29) is 13.1 Å². The summed E-state index contributed by atoms with van der Waals surface area (Å²) < 4.78 is 11.6. The van der Waals surface area contributed by atoms with Gasteiger partial charge in [0.2, 0.25) is 0 Å². The highest BCUT2D eigenvalue weighted by atomic mass is 32.2. The second-order valence-electron chi connectivity index (χ2n) is 2.86. The first-order valence-corrected chi connectivity index (χ1v) is 5.78. The molecule has 0 fully saturated rings. The lowest BCUT2D eigenvalue weighted by Gasteiger charge is -1.99. The minimum atomic E-state index is -0.732. The van der Waals surface area contributed by atoms with Crippen LogP contribution in [0.3, 0.4) is 0 Å². The highest BCUT2D eigenvalue weighted by molar-refractivity contribution is 7.99. The first-order chi connectivity index (χ1) is 6.27. The third kappa shape index (κ3) is 11.8. The highest BCUT2D eigenvalue weighted by Gasteiger charge is 1.96. The first kappa shape index (κ1) is 12.8. The maximum absolute atomic E-state index is 11.6. The normalized spacial score (nSPS) is 10.2. The van der Waals surface area contributed by atoms with Crippen LogP contribution >= 0.6 is 11.8 Å². The monoisotopic (exact) mass is 207 g/mol. The standard InChI is InChI=1S/C9H17FO2S/c10-6-3-1-2-4-7-13-8-5-9(11)12/h1-8H2,(H,11,12)/i10-1. The van der Waals surface area contributed by atoms with E-state index in [4.69, 9.17) is 5.11 Å². The van der Waals surface area contributed by atoms with Crippen LogP contribution in [-0.2, 0) is 4.79 Å². The number of hydrogen-bond donors (Lipinski definition) is 1. The van der Waals surface area contributed by atoms with E-state index in [1.807, 2.05) is 0 Å². The molecule has 4 heteroatoms. The number of aliphatic carboxylic acids is 1. The topological polar surface area (TPSA) is 37.3 Å². The Morgan fingerprint density at radius 3 is 2.46 bits per heavy atom. The predicted octanol–water partition coefficient (Wildman–Crippen LogP) is 2.72. The minimum absolute atomic E-state index is 0.216. The molecule has 0 heterocycles. The van der Waals surface area contributed by atoms with Crippen LogP contribution in [0, 0.1) is 0 Å². The van der Waals surface area contributed by atoms with Crippen molar-refractivity contribution in [1.82, 2.24) is 0 Å². The van der Waals surface area contributed by atoms with E-state index in [0.29, 0.717) is 12.2 Å². The van der Waals surface area contributed by atoms with Crippen LogP contribution in [0.5, 0.6) is 0 Å². The smallest absolute Gasteiger partial charge is 0.304 e. The summed E-state index contributed by atoms with van der Waals surface area (Å²) in [6, 6.07) is 0. The Bertz CT molecular complexity index is 131. The highest BCUT2D eigenvalue weighted by Crippen LogP contribution is 2.08. The van der Waals surface area contributed by atoms with Crippen LogP contribution in [0.1, 0.15) is 32.1 Å². The molecule has 78 valence electrons. The molecule has 2 nitrogen and oxygen atoms in total. The van der Waals surface area contributed by atoms with Gasteiger partial charge < -0.3 is 5.11 Å². The van der Waals surface area contributed by atoms with Gasteiger partial charge >= 0.3 is 5.97 Å². The maximum atomic E-state index is 11.6. The van der Waals surface area contributed by atoms with E-state index in [9.17, 15) is 9.18 Å². The molecule has 0 aliphatic rings. The minimum Gasteiger partial charge on any atom is -0.481 e. The van der Waals surface area contributed by atoms with Crippen molar-refractivity contribution in [2.45, 2.75) is 32.1 Å². The SMILES string of the molecule is O=C(O)CCSCCCCCC[18F]. The Kier molecular flexibility index (Phi) is 9.65. The van der Waals surface area contributed by atoms with Crippen LogP contribution in [0.25, 0.3) is 0 Å². The molecule has 0 spiro atoms. The number of thioether (sulfide) groups is 1. The van der Waals surface area contributed by atoms with Crippen molar-refractivity contribution in [2.24, 2.45) is 0 Å². The summed E-state index contributed by atoms with van der Waals surface area (Å²) in [4.78, 5) is 10.1. The average molecular weight is 207 g/mol. The van der Waals surface area contributed by atoms with Crippen molar-refractivity contribution in [3.05, 3.63) is 0 Å². The van der Waals surface area contributed by atoms with Gasteiger partial charge in [-0.1, -0.05) is 12.8 Å². The molecule has 13 heavy (non-hydrogen) atoms. The summed E-state index contributed by atoms with van der Waals surface area (Å²) in [5.74, 6) is 0.961. The molecule has 1 N–H and O–H groups in total. The van der Waals surface area contributed by atoms with E-state index in [0.717, 1.165) is 25.0 Å². The molecule has 0 radical (unpaired) electrons. The lowest BCUT2D eigenvalue weighted by molar-refractivity contribution is -0.136. The zero-order valence-corrected chi connectivity index (χ0v) is 8.62. The third-order valence-electron chi connectivity index (χ3n) is 1.63. The lowest BCUT2D eigenvalue weighted by Crippen LogP contribution is -1.96. The van der Waals surface area contributed by atoms with Crippen LogP contribution in [0.15, 0.2) is 0 Å². The molecule has 0 aromatic carbocycles. The molecular formula is C9H17FO2S. The number of halogens is 1. The van der Waals surface area contributed by atoms with Crippen LogP contribution in [0.4, 0.5) is 4.39 Å². The predicted molar refractivity (Wildman–Crippen MR) is 54.0 cm³/mol. The van der Waals surface area contributed by atoms with Gasteiger partial charge in [-0.15, -0.1) is 0 Å². The molecule has 0 aromatic heterocycles. The van der Waals surface area contributed by atoms with Crippen molar-refractivity contribution in [3.63, 3.8) is 0 Å². The van der Waals surface area contributed by atoms with Gasteiger partial charge in [-0.3, -0.25) is 9.18 Å². The number of hydrogen-bond acceptors (Lipinski definition) is 2. The van der Waals surface area contributed by atoms with Crippen molar-refractivity contribution in [3.8, 4) is 0 Å². The molecule has 0 aliphatic heterocycles. The Morgan fingerprint density at radius 1 is 1.15 bits per heavy atom. The van der Waals surface area contributed by atoms with Gasteiger partial charge in [0.1, 0.15) is 0 Å². The van der Waals surface area contributed by atoms with E-state index in [1.165, 1.54) is 0 Å².